The molecule has 0 bridgehead atoms. The van der Waals surface area contributed by atoms with E-state index in [1.165, 1.54) is 11.8 Å². The number of carbonyl (C=O) groups is 1. The quantitative estimate of drug-likeness (QED) is 0.266. The van der Waals surface area contributed by atoms with Crippen molar-refractivity contribution in [3.8, 4) is 0 Å². The Morgan fingerprint density at radius 2 is 1.76 bits per heavy atom. The number of para-hydroxylation sites is 1. The largest absolute Gasteiger partial charge is 0.409 e. The summed E-state index contributed by atoms with van der Waals surface area (Å²) in [5.41, 5.74) is 7.15. The fraction of sp³-hybridized carbons (Fsp3) is 0.0667. The number of nitrogens with one attached hydrogen (secondary N) is 1. The molecule has 1 amide bonds. The van der Waals surface area contributed by atoms with E-state index in [0.717, 1.165) is 4.90 Å². The summed E-state index contributed by atoms with van der Waals surface area (Å²) in [5, 5.41) is 14.6. The van der Waals surface area contributed by atoms with E-state index >= 15 is 0 Å². The van der Waals surface area contributed by atoms with E-state index in [0.29, 0.717) is 16.8 Å². The maximum Gasteiger partial charge on any atom is 0.256 e. The number of oxime groups is 1. The first-order valence-electron chi connectivity index (χ1n) is 6.18. The van der Waals surface area contributed by atoms with Gasteiger partial charge in [-0.25, -0.2) is 0 Å². The van der Waals surface area contributed by atoms with Crippen LogP contribution in [0.4, 0.5) is 5.69 Å². The Morgan fingerprint density at radius 3 is 2.43 bits per heavy atom. The van der Waals surface area contributed by atoms with Crippen LogP contribution in [-0.2, 0) is 0 Å². The summed E-state index contributed by atoms with van der Waals surface area (Å²) < 4.78 is 0. The van der Waals surface area contributed by atoms with Gasteiger partial charge in [-0.15, -0.1) is 11.8 Å². The number of nitrogens with zero attached hydrogens (tertiary/aromatic N) is 1. The van der Waals surface area contributed by atoms with Crippen LogP contribution < -0.4 is 11.1 Å². The van der Waals surface area contributed by atoms with Crippen molar-refractivity contribution in [2.75, 3.05) is 11.6 Å². The molecule has 0 aliphatic rings. The molecule has 0 heterocycles. The molecule has 0 spiro atoms. The first-order valence-corrected chi connectivity index (χ1v) is 7.41. The first kappa shape index (κ1) is 14.9. The molecule has 2 rings (SSSR count). The highest BCUT2D eigenvalue weighted by Gasteiger charge is 2.13. The number of hydrogen-bond acceptors (Lipinski definition) is 4. The highest BCUT2D eigenvalue weighted by molar-refractivity contribution is 7.98. The minimum atomic E-state index is -0.238. The molecule has 2 aromatic carbocycles. The zero-order valence-corrected chi connectivity index (χ0v) is 12.2. The normalized spacial score (nSPS) is 11.2. The van der Waals surface area contributed by atoms with E-state index in [2.05, 4.69) is 10.5 Å². The molecule has 5 nitrogen and oxygen atoms in total. The molecule has 21 heavy (non-hydrogen) atoms. The van der Waals surface area contributed by atoms with Gasteiger partial charge in [0.1, 0.15) is 0 Å². The maximum absolute atomic E-state index is 12.4. The van der Waals surface area contributed by atoms with Crippen molar-refractivity contribution in [3.05, 3.63) is 59.7 Å². The molecule has 0 aliphatic heterocycles. The fourth-order valence-corrected chi connectivity index (χ4v) is 2.49. The molecular weight excluding hydrogens is 286 g/mol. The van der Waals surface area contributed by atoms with E-state index in [1.807, 2.05) is 24.5 Å². The summed E-state index contributed by atoms with van der Waals surface area (Å²) in [7, 11) is 0. The lowest BCUT2D eigenvalue weighted by Crippen LogP contribution is -2.19. The van der Waals surface area contributed by atoms with Crippen LogP contribution in [0.2, 0.25) is 0 Å². The molecule has 0 aliphatic carbocycles. The van der Waals surface area contributed by atoms with E-state index in [9.17, 15) is 4.79 Å². The zero-order chi connectivity index (χ0) is 15.2. The second kappa shape index (κ2) is 6.81. The Morgan fingerprint density at radius 1 is 1.14 bits per heavy atom. The average Bonchev–Trinajstić information content (AvgIpc) is 2.54. The molecule has 0 fully saturated rings. The van der Waals surface area contributed by atoms with Crippen LogP contribution in [0, 0.1) is 0 Å². The van der Waals surface area contributed by atoms with Gasteiger partial charge in [-0.05, 0) is 30.5 Å². The topological polar surface area (TPSA) is 87.7 Å². The molecule has 0 aromatic heterocycles. The molecular formula is C15H15N3O2S. The van der Waals surface area contributed by atoms with Gasteiger partial charge in [0.15, 0.2) is 5.84 Å². The van der Waals surface area contributed by atoms with Gasteiger partial charge in [0.05, 0.1) is 11.3 Å². The van der Waals surface area contributed by atoms with Crippen LogP contribution in [0.1, 0.15) is 15.9 Å². The number of carbonyl (C=O) groups excluding carboxylic acids is 1. The van der Waals surface area contributed by atoms with Crippen LogP contribution in [0.25, 0.3) is 0 Å². The third-order valence-electron chi connectivity index (χ3n) is 2.91. The van der Waals surface area contributed by atoms with Crippen molar-refractivity contribution in [2.45, 2.75) is 4.90 Å². The Hall–Kier alpha value is -2.47. The Kier molecular flexibility index (Phi) is 4.84. The van der Waals surface area contributed by atoms with Gasteiger partial charge in [-0.2, -0.15) is 0 Å². The number of rotatable bonds is 4. The van der Waals surface area contributed by atoms with Crippen molar-refractivity contribution in [1.82, 2.24) is 0 Å². The van der Waals surface area contributed by atoms with Crippen LogP contribution >= 0.6 is 11.8 Å². The SMILES string of the molecule is CSc1ccccc1C(=O)Nc1ccccc1C(N)=NO. The van der Waals surface area contributed by atoms with Crippen molar-refractivity contribution >= 4 is 29.2 Å². The third-order valence-corrected chi connectivity index (χ3v) is 3.71. The molecule has 0 unspecified atom stereocenters. The molecule has 0 atom stereocenters. The molecule has 4 N–H and O–H groups in total. The second-order valence-corrected chi connectivity index (χ2v) is 5.03. The fourth-order valence-electron chi connectivity index (χ4n) is 1.89. The molecule has 108 valence electrons. The summed E-state index contributed by atoms with van der Waals surface area (Å²) in [5.74, 6) is -0.290. The van der Waals surface area contributed by atoms with Crippen molar-refractivity contribution in [1.29, 1.82) is 0 Å². The molecule has 0 saturated heterocycles. The lowest BCUT2D eigenvalue weighted by Gasteiger charge is -2.11. The summed E-state index contributed by atoms with van der Waals surface area (Å²) in [6.45, 7) is 0. The third kappa shape index (κ3) is 3.35. The summed E-state index contributed by atoms with van der Waals surface area (Å²) in [4.78, 5) is 13.3. The lowest BCUT2D eigenvalue weighted by molar-refractivity contribution is 0.102. The standard InChI is InChI=1S/C15H15N3O2S/c1-21-13-9-5-3-7-11(13)15(19)17-12-8-4-2-6-10(12)14(16)18-20/h2-9,20H,1H3,(H2,16,18)(H,17,19). The monoisotopic (exact) mass is 301 g/mol. The molecule has 0 radical (unpaired) electrons. The highest BCUT2D eigenvalue weighted by atomic mass is 32.2. The number of hydrogen-bond donors (Lipinski definition) is 3. The van der Waals surface area contributed by atoms with Crippen LogP contribution in [0.15, 0.2) is 58.6 Å². The minimum absolute atomic E-state index is 0.0518. The van der Waals surface area contributed by atoms with Gasteiger partial charge in [0, 0.05) is 10.5 Å². The Bertz CT molecular complexity index is 686. The van der Waals surface area contributed by atoms with Gasteiger partial charge < -0.3 is 16.3 Å². The number of benzene rings is 2. The minimum Gasteiger partial charge on any atom is -0.409 e. The smallest absolute Gasteiger partial charge is 0.256 e. The van der Waals surface area contributed by atoms with Crippen molar-refractivity contribution in [2.24, 2.45) is 10.9 Å². The van der Waals surface area contributed by atoms with Crippen molar-refractivity contribution < 1.29 is 10.0 Å². The highest BCUT2D eigenvalue weighted by Crippen LogP contribution is 2.22. The number of nitrogens with two attached hydrogens (primary N) is 1. The molecule has 6 heteroatoms. The van der Waals surface area contributed by atoms with E-state index < -0.39 is 0 Å². The van der Waals surface area contributed by atoms with E-state index in [4.69, 9.17) is 10.9 Å². The number of amides is 1. The van der Waals surface area contributed by atoms with Crippen LogP contribution in [0.5, 0.6) is 0 Å². The zero-order valence-electron chi connectivity index (χ0n) is 11.4. The van der Waals surface area contributed by atoms with Gasteiger partial charge >= 0.3 is 0 Å². The lowest BCUT2D eigenvalue weighted by atomic mass is 10.1. The second-order valence-electron chi connectivity index (χ2n) is 4.19. The number of anilines is 1. The van der Waals surface area contributed by atoms with Crippen LogP contribution in [0.3, 0.4) is 0 Å². The average molecular weight is 301 g/mol. The Labute approximate surface area is 126 Å². The predicted octanol–water partition coefficient (Wildman–Crippen LogP) is 2.76. The van der Waals surface area contributed by atoms with E-state index in [1.54, 1.807) is 30.3 Å². The van der Waals surface area contributed by atoms with Crippen molar-refractivity contribution in [3.63, 3.8) is 0 Å². The Balaban J connectivity index is 2.32. The summed E-state index contributed by atoms with van der Waals surface area (Å²) in [6, 6.07) is 14.2. The molecule has 2 aromatic rings. The summed E-state index contributed by atoms with van der Waals surface area (Å²) in [6.07, 6.45) is 1.91. The number of thioether (sulfide) groups is 1. The van der Waals surface area contributed by atoms with Gasteiger partial charge in [-0.1, -0.05) is 29.4 Å². The molecule has 0 saturated carbocycles. The number of amidine groups is 1. The first-order chi connectivity index (χ1) is 10.2. The summed E-state index contributed by atoms with van der Waals surface area (Å²) >= 11 is 1.50. The van der Waals surface area contributed by atoms with Crippen LogP contribution in [-0.4, -0.2) is 23.2 Å². The van der Waals surface area contributed by atoms with Gasteiger partial charge in [0.2, 0.25) is 0 Å². The van der Waals surface area contributed by atoms with E-state index in [-0.39, 0.29) is 11.7 Å². The van der Waals surface area contributed by atoms with Gasteiger partial charge in [-0.3, -0.25) is 4.79 Å². The predicted molar refractivity (Wildman–Crippen MR) is 85.1 cm³/mol. The van der Waals surface area contributed by atoms with Gasteiger partial charge in [0.25, 0.3) is 5.91 Å². The maximum atomic E-state index is 12.4.